The summed E-state index contributed by atoms with van der Waals surface area (Å²) in [6.45, 7) is 8.65. The molecule has 122 valence electrons. The molecule has 0 bridgehead atoms. The van der Waals surface area contributed by atoms with Crippen molar-refractivity contribution in [2.24, 2.45) is 11.8 Å². The van der Waals surface area contributed by atoms with Gasteiger partial charge in [0.1, 0.15) is 0 Å². The van der Waals surface area contributed by atoms with E-state index in [2.05, 4.69) is 52.0 Å². The van der Waals surface area contributed by atoms with Gasteiger partial charge in [0.05, 0.1) is 0 Å². The molecule has 22 heavy (non-hydrogen) atoms. The first-order valence-corrected chi connectivity index (χ1v) is 8.33. The minimum Gasteiger partial charge on any atom is -0.478 e. The summed E-state index contributed by atoms with van der Waals surface area (Å²) in [5.74, 6) is 0.178. The van der Waals surface area contributed by atoms with E-state index in [9.17, 15) is 9.90 Å². The lowest BCUT2D eigenvalue weighted by Gasteiger charge is -2.17. The van der Waals surface area contributed by atoms with Gasteiger partial charge in [-0.05, 0) is 57.8 Å². The van der Waals surface area contributed by atoms with Crippen LogP contribution in [0.5, 0.6) is 0 Å². The lowest BCUT2D eigenvalue weighted by atomic mass is 9.88. The number of hydrogen-bond donors (Lipinski definition) is 1. The Morgan fingerprint density at radius 2 is 1.91 bits per heavy atom. The van der Waals surface area contributed by atoms with Crippen molar-refractivity contribution >= 4 is 5.97 Å². The van der Waals surface area contributed by atoms with Crippen LogP contribution in [0, 0.1) is 11.8 Å². The van der Waals surface area contributed by atoms with Crippen LogP contribution in [0.15, 0.2) is 47.1 Å². The second-order valence-electron chi connectivity index (χ2n) is 6.61. The Morgan fingerprint density at radius 1 is 1.18 bits per heavy atom. The Balaban J connectivity index is 2.98. The van der Waals surface area contributed by atoms with Crippen molar-refractivity contribution in [3.05, 3.63) is 47.1 Å². The first kappa shape index (κ1) is 18.5. The molecule has 0 fully saturated rings. The third-order valence-electron chi connectivity index (χ3n) is 4.32. The molecular weight excluding hydrogens is 272 g/mol. The van der Waals surface area contributed by atoms with Crippen molar-refractivity contribution in [2.75, 3.05) is 0 Å². The monoisotopic (exact) mass is 302 g/mol. The van der Waals surface area contributed by atoms with E-state index < -0.39 is 5.97 Å². The van der Waals surface area contributed by atoms with E-state index in [0.717, 1.165) is 25.7 Å². The minimum absolute atomic E-state index is 0.423. The molecule has 0 saturated heterocycles. The number of carboxylic acids is 1. The molecule has 0 spiro atoms. The van der Waals surface area contributed by atoms with E-state index in [1.807, 2.05) is 6.08 Å². The van der Waals surface area contributed by atoms with Crippen molar-refractivity contribution in [1.82, 2.24) is 0 Å². The van der Waals surface area contributed by atoms with Crippen LogP contribution in [0.4, 0.5) is 0 Å². The Bertz CT molecular complexity index is 490. The number of carboxylic acid groups (broad SMARTS) is 1. The normalized spacial score (nSPS) is 28.8. The zero-order valence-electron chi connectivity index (χ0n) is 14.4. The van der Waals surface area contributed by atoms with Crippen molar-refractivity contribution in [1.29, 1.82) is 0 Å². The molecule has 0 unspecified atom stereocenters. The Labute approximate surface area is 135 Å². The first-order valence-electron chi connectivity index (χ1n) is 8.33. The Hall–Kier alpha value is -1.57. The molecule has 2 heteroatoms. The molecule has 1 rings (SSSR count). The summed E-state index contributed by atoms with van der Waals surface area (Å²) >= 11 is 0. The Morgan fingerprint density at radius 3 is 2.55 bits per heavy atom. The van der Waals surface area contributed by atoms with Gasteiger partial charge in [0, 0.05) is 5.57 Å². The van der Waals surface area contributed by atoms with Crippen LogP contribution in [0.25, 0.3) is 0 Å². The van der Waals surface area contributed by atoms with Gasteiger partial charge >= 0.3 is 5.97 Å². The maximum Gasteiger partial charge on any atom is 0.331 e. The largest absolute Gasteiger partial charge is 0.478 e. The highest BCUT2D eigenvalue weighted by Crippen LogP contribution is 2.23. The number of aliphatic carboxylic acids is 1. The zero-order chi connectivity index (χ0) is 16.5. The van der Waals surface area contributed by atoms with E-state index in [4.69, 9.17) is 0 Å². The summed E-state index contributed by atoms with van der Waals surface area (Å²) in [7, 11) is 0. The summed E-state index contributed by atoms with van der Waals surface area (Å²) in [6, 6.07) is 0. The van der Waals surface area contributed by atoms with Crippen LogP contribution in [0.2, 0.25) is 0 Å². The number of hydrogen-bond acceptors (Lipinski definition) is 1. The smallest absolute Gasteiger partial charge is 0.331 e. The average molecular weight is 302 g/mol. The molecular formula is C20H30O2. The fraction of sp³-hybridized carbons (Fsp3) is 0.550. The highest BCUT2D eigenvalue weighted by molar-refractivity contribution is 5.86. The molecule has 1 aliphatic carbocycles. The molecule has 1 atom stereocenters. The third-order valence-corrected chi connectivity index (χ3v) is 4.32. The summed E-state index contributed by atoms with van der Waals surface area (Å²) in [6.07, 6.45) is 15.1. The summed E-state index contributed by atoms with van der Waals surface area (Å²) in [5, 5.41) is 9.37. The summed E-state index contributed by atoms with van der Waals surface area (Å²) in [4.78, 5) is 11.4. The van der Waals surface area contributed by atoms with Gasteiger partial charge in [-0.15, -0.1) is 0 Å². The van der Waals surface area contributed by atoms with Gasteiger partial charge in [-0.3, -0.25) is 0 Å². The minimum atomic E-state index is -0.767. The quantitative estimate of drug-likeness (QED) is 0.666. The first-order chi connectivity index (χ1) is 10.4. The maximum absolute atomic E-state index is 11.4. The van der Waals surface area contributed by atoms with Crippen molar-refractivity contribution < 1.29 is 9.90 Å². The van der Waals surface area contributed by atoms with E-state index in [1.54, 1.807) is 0 Å². The molecule has 0 aromatic carbocycles. The highest BCUT2D eigenvalue weighted by Gasteiger charge is 2.14. The van der Waals surface area contributed by atoms with Crippen LogP contribution in [-0.4, -0.2) is 11.1 Å². The van der Waals surface area contributed by atoms with Crippen LogP contribution in [0.1, 0.15) is 59.8 Å². The van der Waals surface area contributed by atoms with E-state index in [-0.39, 0.29) is 0 Å². The molecule has 0 aromatic heterocycles. The van der Waals surface area contributed by atoms with E-state index >= 15 is 0 Å². The highest BCUT2D eigenvalue weighted by atomic mass is 16.4. The van der Waals surface area contributed by atoms with Crippen molar-refractivity contribution in [3.63, 3.8) is 0 Å². The maximum atomic E-state index is 11.4. The molecule has 0 heterocycles. The number of carbonyl (C=O) groups is 1. The van der Waals surface area contributed by atoms with Gasteiger partial charge in [-0.1, -0.05) is 55.4 Å². The lowest BCUT2D eigenvalue weighted by Crippen LogP contribution is -2.09. The summed E-state index contributed by atoms with van der Waals surface area (Å²) in [5.41, 5.74) is 3.17. The Kier molecular flexibility index (Phi) is 7.94. The van der Waals surface area contributed by atoms with E-state index in [1.165, 1.54) is 11.1 Å². The van der Waals surface area contributed by atoms with Gasteiger partial charge in [-0.25, -0.2) is 4.79 Å². The van der Waals surface area contributed by atoms with Crippen molar-refractivity contribution in [3.8, 4) is 0 Å². The predicted molar refractivity (Wildman–Crippen MR) is 93.8 cm³/mol. The number of rotatable bonds is 2. The van der Waals surface area contributed by atoms with Gasteiger partial charge < -0.3 is 5.11 Å². The fourth-order valence-corrected chi connectivity index (χ4v) is 2.64. The van der Waals surface area contributed by atoms with Gasteiger partial charge in [-0.2, -0.15) is 0 Å². The van der Waals surface area contributed by atoms with Gasteiger partial charge in [0.15, 0.2) is 0 Å². The SMILES string of the molecule is C/C1=C/C/C=C(\C)CC/C=C(\C(=O)O)CC[C@H](C(C)C)C=C1. The second-order valence-corrected chi connectivity index (χ2v) is 6.61. The molecule has 0 aliphatic heterocycles. The molecule has 2 nitrogen and oxygen atoms in total. The van der Waals surface area contributed by atoms with Gasteiger partial charge in [0.25, 0.3) is 0 Å². The number of allylic oxidation sites excluding steroid dienone is 7. The molecule has 1 aliphatic rings. The third kappa shape index (κ3) is 6.93. The van der Waals surface area contributed by atoms with Crippen LogP contribution in [-0.2, 0) is 4.79 Å². The zero-order valence-corrected chi connectivity index (χ0v) is 14.4. The molecule has 0 amide bonds. The standard InChI is InChI=1S/C20H30O2/c1-15(2)18-12-11-17(4)8-5-7-16(3)9-6-10-19(14-13-18)20(21)22/h7-8,10-12,15,18H,5-6,9,13-14H2,1-4H3,(H,21,22)/b12-11?,16-7+,17-8-,19-10-/t18-/m1/s1. The fourth-order valence-electron chi connectivity index (χ4n) is 2.64. The molecule has 0 aromatic rings. The molecule has 1 N–H and O–H groups in total. The van der Waals surface area contributed by atoms with Crippen molar-refractivity contribution in [2.45, 2.75) is 59.8 Å². The summed E-state index contributed by atoms with van der Waals surface area (Å²) < 4.78 is 0. The topological polar surface area (TPSA) is 37.3 Å². The average Bonchev–Trinajstić information content (AvgIpc) is 2.43. The molecule has 0 saturated carbocycles. The van der Waals surface area contributed by atoms with Crippen LogP contribution >= 0.6 is 0 Å². The molecule has 0 radical (unpaired) electrons. The lowest BCUT2D eigenvalue weighted by molar-refractivity contribution is -0.132. The predicted octanol–water partition coefficient (Wildman–Crippen LogP) is 5.68. The van der Waals surface area contributed by atoms with E-state index in [0.29, 0.717) is 23.8 Å². The van der Waals surface area contributed by atoms with Crippen LogP contribution < -0.4 is 0 Å². The second kappa shape index (κ2) is 9.45. The van der Waals surface area contributed by atoms with Gasteiger partial charge in [0.2, 0.25) is 0 Å². The van der Waals surface area contributed by atoms with Crippen LogP contribution in [0.3, 0.4) is 0 Å².